The van der Waals surface area contributed by atoms with Crippen LogP contribution in [0.3, 0.4) is 0 Å². The van der Waals surface area contributed by atoms with Crippen molar-refractivity contribution in [3.63, 3.8) is 0 Å². The molecule has 0 amide bonds. The summed E-state index contributed by atoms with van der Waals surface area (Å²) in [5, 5.41) is 0. The third-order valence-corrected chi connectivity index (χ3v) is 2.91. The number of alkyl halides is 1. The Morgan fingerprint density at radius 3 is 2.44 bits per heavy atom. The van der Waals surface area contributed by atoms with Gasteiger partial charge in [0.05, 0.1) is 6.61 Å². The van der Waals surface area contributed by atoms with Gasteiger partial charge in [-0.05, 0) is 19.8 Å². The van der Waals surface area contributed by atoms with Crippen LogP contribution in [0.4, 0.5) is 4.39 Å². The predicted octanol–water partition coefficient (Wildman–Crippen LogP) is 3.30. The molecule has 1 aliphatic rings. The number of carbonyl (C=O) groups is 1. The van der Waals surface area contributed by atoms with Gasteiger partial charge in [0.1, 0.15) is 6.61 Å². The highest BCUT2D eigenvalue weighted by Gasteiger charge is 2.44. The molecule has 1 aliphatic heterocycles. The first-order chi connectivity index (χ1) is 8.66. The third-order valence-electron chi connectivity index (χ3n) is 2.91. The lowest BCUT2D eigenvalue weighted by molar-refractivity contribution is -0.269. The number of hydrogen-bond acceptors (Lipinski definition) is 4. The van der Waals surface area contributed by atoms with E-state index in [-0.39, 0.29) is 12.6 Å². The van der Waals surface area contributed by atoms with Gasteiger partial charge in [0.15, 0.2) is 0 Å². The van der Waals surface area contributed by atoms with E-state index in [1.807, 2.05) is 0 Å². The van der Waals surface area contributed by atoms with E-state index in [9.17, 15) is 9.18 Å². The first-order valence-corrected chi connectivity index (χ1v) is 6.81. The molecule has 0 saturated carbocycles. The standard InChI is InChI=1S/C13H23FO4/c1-2-17-18-12(15)9-7-5-3-4-6-8-10-13(14)11-16-13/h2-11H2,1H3. The summed E-state index contributed by atoms with van der Waals surface area (Å²) < 4.78 is 17.7. The maximum absolute atomic E-state index is 13.0. The summed E-state index contributed by atoms with van der Waals surface area (Å²) >= 11 is 0. The molecule has 4 nitrogen and oxygen atoms in total. The van der Waals surface area contributed by atoms with E-state index in [1.54, 1.807) is 6.92 Å². The number of hydrogen-bond donors (Lipinski definition) is 0. The van der Waals surface area contributed by atoms with Crippen LogP contribution < -0.4 is 0 Å². The first-order valence-electron chi connectivity index (χ1n) is 6.81. The molecule has 1 fully saturated rings. The van der Waals surface area contributed by atoms with Gasteiger partial charge in [-0.1, -0.05) is 25.7 Å². The van der Waals surface area contributed by atoms with Crippen molar-refractivity contribution in [1.82, 2.24) is 0 Å². The Morgan fingerprint density at radius 1 is 1.22 bits per heavy atom. The van der Waals surface area contributed by atoms with Crippen LogP contribution in [0.1, 0.15) is 58.3 Å². The van der Waals surface area contributed by atoms with Crippen LogP contribution in [-0.2, 0) is 19.3 Å². The Balaban J connectivity index is 1.76. The molecule has 1 atom stereocenters. The maximum atomic E-state index is 13.0. The highest BCUT2D eigenvalue weighted by molar-refractivity contribution is 5.68. The summed E-state index contributed by atoms with van der Waals surface area (Å²) in [4.78, 5) is 20.1. The average Bonchev–Trinajstić information content (AvgIpc) is 3.08. The lowest BCUT2D eigenvalue weighted by Gasteiger charge is -2.03. The number of unbranched alkanes of at least 4 members (excludes halogenated alkanes) is 5. The topological polar surface area (TPSA) is 48.1 Å². The molecule has 1 unspecified atom stereocenters. The zero-order valence-corrected chi connectivity index (χ0v) is 11.1. The van der Waals surface area contributed by atoms with Crippen molar-refractivity contribution in [2.24, 2.45) is 0 Å². The number of ether oxygens (including phenoxy) is 1. The molecule has 1 saturated heterocycles. The Bertz CT molecular complexity index is 241. The van der Waals surface area contributed by atoms with E-state index in [2.05, 4.69) is 14.5 Å². The van der Waals surface area contributed by atoms with Crippen LogP contribution in [0.25, 0.3) is 0 Å². The van der Waals surface area contributed by atoms with E-state index in [4.69, 9.17) is 0 Å². The molecule has 106 valence electrons. The number of carbonyl (C=O) groups excluding carboxylic acids is 1. The number of epoxide rings is 1. The van der Waals surface area contributed by atoms with E-state index in [0.29, 0.717) is 19.4 Å². The van der Waals surface area contributed by atoms with E-state index >= 15 is 0 Å². The van der Waals surface area contributed by atoms with Gasteiger partial charge >= 0.3 is 5.97 Å². The molecule has 0 aromatic heterocycles. The van der Waals surface area contributed by atoms with Gasteiger partial charge < -0.3 is 4.74 Å². The smallest absolute Gasteiger partial charge is 0.338 e. The van der Waals surface area contributed by atoms with Gasteiger partial charge in [-0.15, -0.1) is 0 Å². The van der Waals surface area contributed by atoms with Crippen LogP contribution in [0.15, 0.2) is 0 Å². The van der Waals surface area contributed by atoms with Crippen molar-refractivity contribution in [2.45, 2.75) is 64.1 Å². The largest absolute Gasteiger partial charge is 0.342 e. The van der Waals surface area contributed by atoms with E-state index < -0.39 is 5.85 Å². The van der Waals surface area contributed by atoms with Gasteiger partial charge in [0.2, 0.25) is 5.85 Å². The van der Waals surface area contributed by atoms with Crippen molar-refractivity contribution in [1.29, 1.82) is 0 Å². The molecule has 1 rings (SSSR count). The Kier molecular flexibility index (Phi) is 7.20. The number of rotatable bonds is 11. The second-order valence-corrected chi connectivity index (χ2v) is 4.65. The molecule has 5 heteroatoms. The maximum Gasteiger partial charge on any atom is 0.342 e. The minimum atomic E-state index is -1.29. The minimum absolute atomic E-state index is 0.273. The van der Waals surface area contributed by atoms with Crippen LogP contribution in [0.2, 0.25) is 0 Å². The second kappa shape index (κ2) is 8.43. The lowest BCUT2D eigenvalue weighted by atomic mass is 10.1. The van der Waals surface area contributed by atoms with Crippen LogP contribution in [-0.4, -0.2) is 25.0 Å². The number of halogens is 1. The molecule has 0 N–H and O–H groups in total. The SMILES string of the molecule is CCOOC(=O)CCCCCCCCC1(F)CO1. The fraction of sp³-hybridized carbons (Fsp3) is 0.923. The van der Waals surface area contributed by atoms with Gasteiger partial charge in [-0.25, -0.2) is 9.18 Å². The highest BCUT2D eigenvalue weighted by Crippen LogP contribution is 2.34. The van der Waals surface area contributed by atoms with Crippen molar-refractivity contribution < 1.29 is 23.7 Å². The summed E-state index contributed by atoms with van der Waals surface area (Å²) in [6.07, 6.45) is 6.80. The van der Waals surface area contributed by atoms with Gasteiger partial charge in [-0.2, -0.15) is 4.89 Å². The summed E-state index contributed by atoms with van der Waals surface area (Å²) in [5.74, 6) is -1.59. The monoisotopic (exact) mass is 262 g/mol. The molecule has 0 aliphatic carbocycles. The zero-order valence-electron chi connectivity index (χ0n) is 11.1. The molecular formula is C13H23FO4. The molecule has 0 aromatic rings. The van der Waals surface area contributed by atoms with E-state index in [0.717, 1.165) is 38.5 Å². The van der Waals surface area contributed by atoms with Crippen LogP contribution >= 0.6 is 0 Å². The van der Waals surface area contributed by atoms with Crippen molar-refractivity contribution in [3.8, 4) is 0 Å². The van der Waals surface area contributed by atoms with Gasteiger partial charge in [0, 0.05) is 12.8 Å². The molecule has 0 spiro atoms. The molecule has 0 radical (unpaired) electrons. The third kappa shape index (κ3) is 7.61. The first kappa shape index (κ1) is 15.4. The summed E-state index contributed by atoms with van der Waals surface area (Å²) in [5.41, 5.74) is 0. The molecule has 0 aromatic carbocycles. The normalized spacial score (nSPS) is 21.9. The lowest BCUT2D eigenvalue weighted by Crippen LogP contribution is -2.04. The zero-order chi connectivity index (χ0) is 13.3. The molecule has 1 heterocycles. The predicted molar refractivity (Wildman–Crippen MR) is 64.4 cm³/mol. The van der Waals surface area contributed by atoms with Gasteiger partial charge in [0.25, 0.3) is 0 Å². The average molecular weight is 262 g/mol. The minimum Gasteiger partial charge on any atom is -0.338 e. The second-order valence-electron chi connectivity index (χ2n) is 4.65. The summed E-state index contributed by atoms with van der Waals surface area (Å²) in [6.45, 7) is 2.42. The molecule has 18 heavy (non-hydrogen) atoms. The Morgan fingerprint density at radius 2 is 1.83 bits per heavy atom. The molecular weight excluding hydrogens is 239 g/mol. The van der Waals surface area contributed by atoms with Crippen LogP contribution in [0, 0.1) is 0 Å². The quantitative estimate of drug-likeness (QED) is 0.248. The fourth-order valence-corrected chi connectivity index (χ4v) is 1.75. The van der Waals surface area contributed by atoms with Gasteiger partial charge in [-0.3, -0.25) is 4.89 Å². The van der Waals surface area contributed by atoms with Crippen molar-refractivity contribution in [2.75, 3.05) is 13.2 Å². The van der Waals surface area contributed by atoms with Crippen LogP contribution in [0.5, 0.6) is 0 Å². The van der Waals surface area contributed by atoms with E-state index in [1.165, 1.54) is 0 Å². The summed E-state index contributed by atoms with van der Waals surface area (Å²) in [6, 6.07) is 0. The van der Waals surface area contributed by atoms with Crippen molar-refractivity contribution >= 4 is 5.97 Å². The fourth-order valence-electron chi connectivity index (χ4n) is 1.75. The highest BCUT2D eigenvalue weighted by atomic mass is 19.2. The molecule has 0 bridgehead atoms. The Hall–Kier alpha value is -0.680. The summed E-state index contributed by atoms with van der Waals surface area (Å²) in [7, 11) is 0. The van der Waals surface area contributed by atoms with Crippen molar-refractivity contribution in [3.05, 3.63) is 0 Å². The Labute approximate surface area is 108 Å².